The molecule has 0 aromatic rings. The van der Waals surface area contributed by atoms with Crippen molar-refractivity contribution in [2.75, 3.05) is 6.54 Å². The molecule has 0 saturated carbocycles. The van der Waals surface area contributed by atoms with E-state index in [-0.39, 0.29) is 5.96 Å². The minimum Gasteiger partial charge on any atom is -0.480 e. The van der Waals surface area contributed by atoms with Crippen molar-refractivity contribution < 1.29 is 24.9 Å². The van der Waals surface area contributed by atoms with Gasteiger partial charge in [-0.15, -0.1) is 0 Å². The lowest BCUT2D eigenvalue weighted by Crippen LogP contribution is -2.39. The highest BCUT2D eigenvalue weighted by molar-refractivity contribution is 5.74. The molecule has 0 aliphatic heterocycles. The van der Waals surface area contributed by atoms with Gasteiger partial charge < -0.3 is 37.8 Å². The summed E-state index contributed by atoms with van der Waals surface area (Å²) in [5.74, 6) is -2.29. The number of aliphatic carboxylic acids is 2. The summed E-state index contributed by atoms with van der Waals surface area (Å²) in [7, 11) is 0. The SMILES string of the molecule is C[C@@H](O)[C@H](N)C(=O)O.N=C(N)NCCC[C@H](N)C(=O)O. The third kappa shape index (κ3) is 12.5. The van der Waals surface area contributed by atoms with E-state index in [1.165, 1.54) is 6.92 Å². The number of nitrogens with one attached hydrogen (secondary N) is 2. The van der Waals surface area contributed by atoms with Crippen LogP contribution in [0.15, 0.2) is 0 Å². The Bertz CT molecular complexity index is 323. The van der Waals surface area contributed by atoms with Crippen LogP contribution in [0.25, 0.3) is 0 Å². The topological polar surface area (TPSA) is 209 Å². The molecule has 0 bridgehead atoms. The maximum atomic E-state index is 10.2. The molecule has 0 radical (unpaired) electrons. The highest BCUT2D eigenvalue weighted by Crippen LogP contribution is 1.92. The van der Waals surface area contributed by atoms with Crippen molar-refractivity contribution in [2.24, 2.45) is 17.2 Å². The fraction of sp³-hybridized carbons (Fsp3) is 0.700. The van der Waals surface area contributed by atoms with E-state index < -0.39 is 30.1 Å². The Morgan fingerprint density at radius 2 is 1.75 bits per heavy atom. The van der Waals surface area contributed by atoms with Gasteiger partial charge in [0, 0.05) is 6.54 Å². The van der Waals surface area contributed by atoms with E-state index >= 15 is 0 Å². The molecule has 0 saturated heterocycles. The summed E-state index contributed by atoms with van der Waals surface area (Å²) in [5, 5.41) is 34.3. The fourth-order valence-electron chi connectivity index (χ4n) is 0.875. The van der Waals surface area contributed by atoms with Gasteiger partial charge in [0.1, 0.15) is 12.1 Å². The summed E-state index contributed by atoms with van der Waals surface area (Å²) in [4.78, 5) is 20.1. The number of aliphatic hydroxyl groups excluding tert-OH is 1. The van der Waals surface area contributed by atoms with Crippen LogP contribution in [0.5, 0.6) is 0 Å². The van der Waals surface area contributed by atoms with Crippen LogP contribution in [0.1, 0.15) is 19.8 Å². The molecule has 10 heteroatoms. The number of rotatable bonds is 7. The van der Waals surface area contributed by atoms with E-state index in [1.807, 2.05) is 0 Å². The number of carboxylic acids is 2. The summed E-state index contributed by atoms with van der Waals surface area (Å²) < 4.78 is 0. The second-order valence-corrected chi connectivity index (χ2v) is 4.03. The van der Waals surface area contributed by atoms with E-state index in [0.717, 1.165) is 0 Å². The first kappa shape index (κ1) is 20.4. The standard InChI is InChI=1S/C6H14N4O2.C4H9NO3/c7-4(5(11)12)2-1-3-10-6(8)9;1-2(6)3(5)4(7)8/h4H,1-3,7H2,(H,11,12)(H4,8,9,10);2-3,6H,5H2,1H3,(H,7,8)/t4-;2-,3+/m01/s1. The van der Waals surface area contributed by atoms with Gasteiger partial charge in [-0.05, 0) is 19.8 Å². The van der Waals surface area contributed by atoms with Gasteiger partial charge in [-0.3, -0.25) is 15.0 Å². The van der Waals surface area contributed by atoms with E-state index in [9.17, 15) is 9.59 Å². The molecule has 0 amide bonds. The minimum absolute atomic E-state index is 0.112. The molecule has 11 N–H and O–H groups in total. The highest BCUT2D eigenvalue weighted by atomic mass is 16.4. The molecule has 0 aromatic heterocycles. The summed E-state index contributed by atoms with van der Waals surface area (Å²) in [6.45, 7) is 1.81. The lowest BCUT2D eigenvalue weighted by atomic mass is 10.2. The van der Waals surface area contributed by atoms with Crippen molar-refractivity contribution in [1.29, 1.82) is 5.41 Å². The number of nitrogens with two attached hydrogens (primary N) is 3. The molecule has 0 heterocycles. The molecule has 0 spiro atoms. The third-order valence-corrected chi connectivity index (χ3v) is 2.13. The number of carbonyl (C=O) groups is 2. The number of carboxylic acid groups (broad SMARTS) is 2. The van der Waals surface area contributed by atoms with Crippen molar-refractivity contribution in [3.05, 3.63) is 0 Å². The van der Waals surface area contributed by atoms with Crippen molar-refractivity contribution in [1.82, 2.24) is 5.32 Å². The monoisotopic (exact) mass is 293 g/mol. The second-order valence-electron chi connectivity index (χ2n) is 4.03. The Labute approximate surface area is 116 Å². The Hall–Kier alpha value is -1.91. The zero-order valence-corrected chi connectivity index (χ0v) is 11.2. The average molecular weight is 293 g/mol. The lowest BCUT2D eigenvalue weighted by molar-refractivity contribution is -0.141. The van der Waals surface area contributed by atoms with Gasteiger partial charge in [-0.1, -0.05) is 0 Å². The Morgan fingerprint density at radius 1 is 1.25 bits per heavy atom. The molecule has 0 unspecified atom stereocenters. The van der Waals surface area contributed by atoms with E-state index in [2.05, 4.69) is 5.32 Å². The third-order valence-electron chi connectivity index (χ3n) is 2.13. The molecule has 0 aliphatic carbocycles. The Morgan fingerprint density at radius 3 is 2.00 bits per heavy atom. The van der Waals surface area contributed by atoms with Crippen LogP contribution in [-0.4, -0.2) is 58.0 Å². The average Bonchev–Trinajstić information content (AvgIpc) is 2.33. The summed E-state index contributed by atoms with van der Waals surface area (Å²) >= 11 is 0. The van der Waals surface area contributed by atoms with Crippen LogP contribution >= 0.6 is 0 Å². The van der Waals surface area contributed by atoms with Gasteiger partial charge in [-0.2, -0.15) is 0 Å². The van der Waals surface area contributed by atoms with Gasteiger partial charge in [-0.25, -0.2) is 0 Å². The minimum atomic E-state index is -1.18. The highest BCUT2D eigenvalue weighted by Gasteiger charge is 2.16. The van der Waals surface area contributed by atoms with Gasteiger partial charge in [0.05, 0.1) is 6.10 Å². The normalized spacial score (nSPS) is 14.2. The van der Waals surface area contributed by atoms with Crippen molar-refractivity contribution in [3.63, 3.8) is 0 Å². The van der Waals surface area contributed by atoms with Gasteiger partial charge in [0.2, 0.25) is 0 Å². The summed E-state index contributed by atoms with van der Waals surface area (Å²) in [5.41, 5.74) is 15.1. The molecule has 3 atom stereocenters. The van der Waals surface area contributed by atoms with Crippen molar-refractivity contribution >= 4 is 17.9 Å². The molecule has 20 heavy (non-hydrogen) atoms. The molecular formula is C10H23N5O5. The Kier molecular flexibility index (Phi) is 11.2. The second kappa shape index (κ2) is 11.0. The van der Waals surface area contributed by atoms with Crippen LogP contribution < -0.4 is 22.5 Å². The number of guanidine groups is 1. The fourth-order valence-corrected chi connectivity index (χ4v) is 0.875. The molecular weight excluding hydrogens is 270 g/mol. The predicted molar refractivity (Wildman–Crippen MR) is 72.1 cm³/mol. The van der Waals surface area contributed by atoms with Crippen molar-refractivity contribution in [2.45, 2.75) is 38.0 Å². The number of aliphatic hydroxyl groups is 1. The smallest absolute Gasteiger partial charge is 0.323 e. The summed E-state index contributed by atoms with van der Waals surface area (Å²) in [6, 6.07) is -1.98. The number of hydrogen-bond acceptors (Lipinski definition) is 6. The quantitative estimate of drug-likeness (QED) is 0.141. The lowest BCUT2D eigenvalue weighted by Gasteiger charge is -2.06. The number of hydrogen-bond donors (Lipinski definition) is 8. The first-order chi connectivity index (χ1) is 9.09. The van der Waals surface area contributed by atoms with Gasteiger partial charge in [0.15, 0.2) is 5.96 Å². The van der Waals surface area contributed by atoms with E-state index in [4.69, 9.17) is 37.9 Å². The summed E-state index contributed by atoms with van der Waals surface area (Å²) in [6.07, 6.45) is -0.00431. The molecule has 0 aromatic carbocycles. The molecule has 0 fully saturated rings. The maximum Gasteiger partial charge on any atom is 0.323 e. The van der Waals surface area contributed by atoms with E-state index in [0.29, 0.717) is 19.4 Å². The van der Waals surface area contributed by atoms with Crippen LogP contribution in [0.4, 0.5) is 0 Å². The Balaban J connectivity index is 0. The largest absolute Gasteiger partial charge is 0.480 e. The molecule has 0 rings (SSSR count). The maximum absolute atomic E-state index is 10.2. The van der Waals surface area contributed by atoms with Crippen molar-refractivity contribution in [3.8, 4) is 0 Å². The molecule has 10 nitrogen and oxygen atoms in total. The predicted octanol–water partition coefficient (Wildman–Crippen LogP) is -2.56. The van der Waals surface area contributed by atoms with Crippen LogP contribution in [0.2, 0.25) is 0 Å². The molecule has 118 valence electrons. The van der Waals surface area contributed by atoms with Crippen LogP contribution in [-0.2, 0) is 9.59 Å². The van der Waals surface area contributed by atoms with Crippen LogP contribution in [0, 0.1) is 5.41 Å². The first-order valence-corrected chi connectivity index (χ1v) is 5.82. The van der Waals surface area contributed by atoms with Crippen LogP contribution in [0.3, 0.4) is 0 Å². The van der Waals surface area contributed by atoms with Gasteiger partial charge in [0.25, 0.3) is 0 Å². The first-order valence-electron chi connectivity index (χ1n) is 5.82. The zero-order chi connectivity index (χ0) is 16.3. The molecule has 0 aliphatic rings. The van der Waals surface area contributed by atoms with E-state index in [1.54, 1.807) is 0 Å². The zero-order valence-electron chi connectivity index (χ0n) is 11.2. The van der Waals surface area contributed by atoms with Gasteiger partial charge >= 0.3 is 11.9 Å².